The molecule has 0 saturated heterocycles. The van der Waals surface area contributed by atoms with E-state index in [-0.39, 0.29) is 0 Å². The summed E-state index contributed by atoms with van der Waals surface area (Å²) < 4.78 is 0. The van der Waals surface area contributed by atoms with Crippen LogP contribution in [0.4, 0.5) is 0 Å². The van der Waals surface area contributed by atoms with E-state index in [4.69, 9.17) is 0 Å². The Labute approximate surface area is 62.5 Å². The second-order valence-electron chi connectivity index (χ2n) is 2.05. The second-order valence-corrected chi connectivity index (χ2v) is 2.05. The molecule has 0 saturated carbocycles. The highest BCUT2D eigenvalue weighted by atomic mass is 14.6. The topological polar surface area (TPSA) is 12.4 Å². The van der Waals surface area contributed by atoms with E-state index in [0.717, 1.165) is 11.1 Å². The Morgan fingerprint density at radius 1 is 1.50 bits per heavy atom. The van der Waals surface area contributed by atoms with Crippen LogP contribution < -0.4 is 0 Å². The summed E-state index contributed by atoms with van der Waals surface area (Å²) in [5.41, 5.74) is 2.03. The highest BCUT2D eigenvalue weighted by molar-refractivity contribution is 5.38. The quantitative estimate of drug-likeness (QED) is 0.417. The first kappa shape index (κ1) is 8.89. The van der Waals surface area contributed by atoms with Crippen molar-refractivity contribution < 1.29 is 0 Å². The molecular formula is C9H13N. The van der Waals surface area contributed by atoms with Crippen LogP contribution in [0, 0.1) is 0 Å². The Kier molecular flexibility index (Phi) is 4.21. The van der Waals surface area contributed by atoms with Crippen LogP contribution in [0.25, 0.3) is 0 Å². The maximum absolute atomic E-state index is 3.79. The van der Waals surface area contributed by atoms with Crippen molar-refractivity contribution >= 4 is 6.72 Å². The fourth-order valence-electron chi connectivity index (χ4n) is 0.573. The van der Waals surface area contributed by atoms with Gasteiger partial charge in [0.2, 0.25) is 0 Å². The Morgan fingerprint density at radius 3 is 2.40 bits per heavy atom. The monoisotopic (exact) mass is 135 g/mol. The summed E-state index contributed by atoms with van der Waals surface area (Å²) in [5.74, 6) is 0. The first-order valence-electron chi connectivity index (χ1n) is 3.17. The van der Waals surface area contributed by atoms with Crippen LogP contribution in [0.5, 0.6) is 0 Å². The highest BCUT2D eigenvalue weighted by Crippen LogP contribution is 2.07. The third kappa shape index (κ3) is 3.02. The van der Waals surface area contributed by atoms with Gasteiger partial charge in [-0.05, 0) is 31.7 Å². The molecule has 10 heavy (non-hydrogen) atoms. The molecule has 0 radical (unpaired) electrons. The van der Waals surface area contributed by atoms with E-state index in [1.165, 1.54) is 0 Å². The Hall–Kier alpha value is -1.11. The Morgan fingerprint density at radius 2 is 2.10 bits per heavy atom. The zero-order chi connectivity index (χ0) is 7.98. The standard InChI is InChI=1S/C9H13N/c1-5-6-9(7-10-4)8(2)3/h5-7H,2,4H2,1,3H3/b6-5-,9-7-. The van der Waals surface area contributed by atoms with Crippen molar-refractivity contribution in [3.05, 3.63) is 36.1 Å². The lowest BCUT2D eigenvalue weighted by atomic mass is 10.1. The van der Waals surface area contributed by atoms with Crippen molar-refractivity contribution in [2.45, 2.75) is 13.8 Å². The summed E-state index contributed by atoms with van der Waals surface area (Å²) in [6.07, 6.45) is 5.60. The SMILES string of the molecule is C=N/C=C(/C=C\C)C(=C)C. The molecule has 0 aliphatic rings. The van der Waals surface area contributed by atoms with E-state index in [0.29, 0.717) is 0 Å². The molecule has 0 N–H and O–H groups in total. The van der Waals surface area contributed by atoms with Gasteiger partial charge in [-0.1, -0.05) is 18.7 Å². The zero-order valence-electron chi connectivity index (χ0n) is 6.59. The molecule has 1 heteroatoms. The van der Waals surface area contributed by atoms with Crippen LogP contribution in [0.3, 0.4) is 0 Å². The molecule has 1 nitrogen and oxygen atoms in total. The van der Waals surface area contributed by atoms with Crippen molar-refractivity contribution in [3.63, 3.8) is 0 Å². The van der Waals surface area contributed by atoms with Gasteiger partial charge in [0.05, 0.1) is 0 Å². The summed E-state index contributed by atoms with van der Waals surface area (Å²) in [5, 5.41) is 0. The fourth-order valence-corrected chi connectivity index (χ4v) is 0.573. The molecular weight excluding hydrogens is 122 g/mol. The second kappa shape index (κ2) is 4.74. The summed E-state index contributed by atoms with van der Waals surface area (Å²) in [6, 6.07) is 0. The minimum Gasteiger partial charge on any atom is -0.272 e. The molecule has 0 heterocycles. The predicted molar refractivity (Wildman–Crippen MR) is 47.3 cm³/mol. The normalized spacial score (nSPS) is 12.0. The van der Waals surface area contributed by atoms with Gasteiger partial charge < -0.3 is 0 Å². The minimum absolute atomic E-state index is 1.01. The van der Waals surface area contributed by atoms with Gasteiger partial charge in [0.1, 0.15) is 0 Å². The van der Waals surface area contributed by atoms with Gasteiger partial charge in [-0.3, -0.25) is 4.99 Å². The van der Waals surface area contributed by atoms with Gasteiger partial charge in [0.15, 0.2) is 0 Å². The molecule has 0 aliphatic heterocycles. The number of aliphatic imine (C=N–C) groups is 1. The van der Waals surface area contributed by atoms with E-state index in [1.54, 1.807) is 6.20 Å². The maximum Gasteiger partial charge on any atom is 0.0335 e. The van der Waals surface area contributed by atoms with Crippen molar-refractivity contribution in [2.75, 3.05) is 0 Å². The molecule has 0 atom stereocenters. The van der Waals surface area contributed by atoms with E-state index in [1.807, 2.05) is 26.0 Å². The number of nitrogens with zero attached hydrogens (tertiary/aromatic N) is 1. The zero-order valence-corrected chi connectivity index (χ0v) is 6.59. The fraction of sp³-hybridized carbons (Fsp3) is 0.222. The lowest BCUT2D eigenvalue weighted by Gasteiger charge is -1.95. The van der Waals surface area contributed by atoms with Crippen LogP contribution in [0.1, 0.15) is 13.8 Å². The van der Waals surface area contributed by atoms with E-state index < -0.39 is 0 Å². The lowest BCUT2D eigenvalue weighted by Crippen LogP contribution is -1.76. The average Bonchev–Trinajstić information content (AvgIpc) is 1.87. The van der Waals surface area contributed by atoms with Crippen molar-refractivity contribution in [2.24, 2.45) is 4.99 Å². The molecule has 0 spiro atoms. The molecule has 0 unspecified atom stereocenters. The maximum atomic E-state index is 3.79. The molecule has 0 aromatic rings. The van der Waals surface area contributed by atoms with Crippen LogP contribution in [0.2, 0.25) is 0 Å². The van der Waals surface area contributed by atoms with Gasteiger partial charge in [-0.15, -0.1) is 0 Å². The van der Waals surface area contributed by atoms with Crippen LogP contribution in [-0.4, -0.2) is 6.72 Å². The average molecular weight is 135 g/mol. The van der Waals surface area contributed by atoms with Gasteiger partial charge >= 0.3 is 0 Å². The van der Waals surface area contributed by atoms with Crippen molar-refractivity contribution in [1.29, 1.82) is 0 Å². The summed E-state index contributed by atoms with van der Waals surface area (Å²) in [6.45, 7) is 11.0. The number of allylic oxidation sites excluding steroid dienone is 4. The first-order valence-corrected chi connectivity index (χ1v) is 3.17. The van der Waals surface area contributed by atoms with Crippen LogP contribution >= 0.6 is 0 Å². The molecule has 54 valence electrons. The first-order chi connectivity index (χ1) is 4.72. The molecule has 0 bridgehead atoms. The van der Waals surface area contributed by atoms with Gasteiger partial charge in [-0.25, -0.2) is 0 Å². The molecule has 0 fully saturated rings. The van der Waals surface area contributed by atoms with Crippen LogP contribution in [0.15, 0.2) is 41.1 Å². The summed E-state index contributed by atoms with van der Waals surface area (Å²) in [4.78, 5) is 3.65. The number of rotatable bonds is 3. The van der Waals surface area contributed by atoms with E-state index in [2.05, 4.69) is 18.3 Å². The van der Waals surface area contributed by atoms with Gasteiger partial charge in [0.25, 0.3) is 0 Å². The third-order valence-electron chi connectivity index (χ3n) is 1.07. The highest BCUT2D eigenvalue weighted by Gasteiger charge is 1.88. The minimum atomic E-state index is 1.01. The number of hydrogen-bond donors (Lipinski definition) is 0. The van der Waals surface area contributed by atoms with Gasteiger partial charge in [-0.2, -0.15) is 0 Å². The molecule has 0 aliphatic carbocycles. The summed E-state index contributed by atoms with van der Waals surface area (Å²) in [7, 11) is 0. The summed E-state index contributed by atoms with van der Waals surface area (Å²) >= 11 is 0. The predicted octanol–water partition coefficient (Wildman–Crippen LogP) is 2.72. The molecule has 0 aromatic carbocycles. The Bertz CT molecular complexity index is 185. The molecule has 0 aromatic heterocycles. The smallest absolute Gasteiger partial charge is 0.0335 e. The third-order valence-corrected chi connectivity index (χ3v) is 1.07. The molecule has 0 amide bonds. The van der Waals surface area contributed by atoms with E-state index >= 15 is 0 Å². The number of hydrogen-bond acceptors (Lipinski definition) is 1. The van der Waals surface area contributed by atoms with Crippen molar-refractivity contribution in [1.82, 2.24) is 0 Å². The largest absolute Gasteiger partial charge is 0.272 e. The molecule has 0 rings (SSSR count). The van der Waals surface area contributed by atoms with Crippen molar-refractivity contribution in [3.8, 4) is 0 Å². The lowest BCUT2D eigenvalue weighted by molar-refractivity contribution is 1.40. The van der Waals surface area contributed by atoms with E-state index in [9.17, 15) is 0 Å². The Balaban J connectivity index is 4.41. The van der Waals surface area contributed by atoms with Gasteiger partial charge in [0, 0.05) is 6.20 Å². The van der Waals surface area contributed by atoms with Crippen LogP contribution in [-0.2, 0) is 0 Å².